The van der Waals surface area contributed by atoms with E-state index in [0.29, 0.717) is 0 Å². The van der Waals surface area contributed by atoms with Crippen molar-refractivity contribution in [1.29, 1.82) is 0 Å². The van der Waals surface area contributed by atoms with Gasteiger partial charge in [-0.05, 0) is 0 Å². The zero-order valence-electron chi connectivity index (χ0n) is 31.5. The fraction of sp³-hybridized carbons (Fsp3) is 0.400. The van der Waals surface area contributed by atoms with Crippen LogP contribution < -0.4 is 0 Å². The van der Waals surface area contributed by atoms with Gasteiger partial charge < -0.3 is 0 Å². The summed E-state index contributed by atoms with van der Waals surface area (Å²) in [5.41, 5.74) is 0. The van der Waals surface area contributed by atoms with Crippen LogP contribution in [0.2, 0.25) is 0 Å². The van der Waals surface area contributed by atoms with Gasteiger partial charge >= 0.3 is 0 Å². The van der Waals surface area contributed by atoms with Gasteiger partial charge in [-0.2, -0.15) is 0 Å². The number of benzene rings is 5. The molecule has 5 aromatic rings. The Labute approximate surface area is 309 Å². The first-order valence-electron chi connectivity index (χ1n) is 20.0. The quantitative estimate of drug-likeness (QED) is 0.154. The molecule has 270 valence electrons. The van der Waals surface area contributed by atoms with Crippen molar-refractivity contribution in [2.24, 2.45) is 0 Å². The molecule has 5 aromatic carbocycles. The highest BCUT2D eigenvalue weighted by Gasteiger charge is 1.97. The summed E-state index contributed by atoms with van der Waals surface area (Å²) in [6, 6.07) is 60.0. The number of hydrogen-bond acceptors (Lipinski definition) is 0. The number of rotatable bonds is 0. The smallest absolute Gasteiger partial charge is 0.0533 e. The Morgan fingerprint density at radius 3 is 0.160 bits per heavy atom. The van der Waals surface area contributed by atoms with Crippen molar-refractivity contribution in [3.8, 4) is 0 Å². The molecule has 0 N–H and O–H groups in total. The first kappa shape index (κ1) is 44.1. The predicted molar refractivity (Wildman–Crippen MR) is 225 cm³/mol. The van der Waals surface area contributed by atoms with Gasteiger partial charge in [-0.1, -0.05) is 310 Å². The molecule has 0 atom stereocenters. The molecule has 0 radical (unpaired) electrons. The van der Waals surface area contributed by atoms with E-state index in [9.17, 15) is 0 Å². The highest BCUT2D eigenvalue weighted by molar-refractivity contribution is 5.01. The topological polar surface area (TPSA) is 0 Å². The molecule has 9 rings (SSSR count). The van der Waals surface area contributed by atoms with Crippen molar-refractivity contribution in [2.75, 3.05) is 0 Å². The Bertz CT molecular complexity index is 773. The average molecular weight is 671 g/mol. The molecule has 50 heavy (non-hydrogen) atoms. The van der Waals surface area contributed by atoms with Crippen molar-refractivity contribution < 1.29 is 0 Å². The second-order valence-corrected chi connectivity index (χ2v) is 12.8. The van der Waals surface area contributed by atoms with Crippen LogP contribution in [0.3, 0.4) is 0 Å². The molecule has 4 fully saturated rings. The maximum Gasteiger partial charge on any atom is -0.0533 e. The van der Waals surface area contributed by atoms with Crippen LogP contribution in [-0.4, -0.2) is 0 Å². The van der Waals surface area contributed by atoms with Gasteiger partial charge in [0.2, 0.25) is 0 Å². The first-order chi connectivity index (χ1) is 25.0. The van der Waals surface area contributed by atoms with Crippen LogP contribution in [0.4, 0.5) is 0 Å². The second-order valence-electron chi connectivity index (χ2n) is 12.8. The predicted octanol–water partition coefficient (Wildman–Crippen LogP) is 16.2. The molecule has 0 amide bonds. The lowest BCUT2D eigenvalue weighted by atomic mass is 10.4. The fourth-order valence-corrected chi connectivity index (χ4v) is 5.46. The average Bonchev–Trinajstić information content (AvgIpc) is 4.09. The zero-order chi connectivity index (χ0) is 35.4. The van der Waals surface area contributed by atoms with E-state index >= 15 is 0 Å². The Hall–Kier alpha value is -3.90. The first-order valence-corrected chi connectivity index (χ1v) is 20.0. The van der Waals surface area contributed by atoms with Crippen LogP contribution in [-0.2, 0) is 0 Å². The number of hydrogen-bond donors (Lipinski definition) is 0. The Morgan fingerprint density at radius 1 is 0.0800 bits per heavy atom. The van der Waals surface area contributed by atoms with Crippen LogP contribution >= 0.6 is 0 Å². The third-order valence-electron chi connectivity index (χ3n) is 8.33. The van der Waals surface area contributed by atoms with Gasteiger partial charge in [0.25, 0.3) is 0 Å². The second kappa shape index (κ2) is 41.3. The van der Waals surface area contributed by atoms with Gasteiger partial charge in [0, 0.05) is 0 Å². The van der Waals surface area contributed by atoms with Gasteiger partial charge in [-0.25, -0.2) is 0 Å². The van der Waals surface area contributed by atoms with Crippen molar-refractivity contribution in [3.05, 3.63) is 182 Å². The summed E-state index contributed by atoms with van der Waals surface area (Å²) >= 11 is 0. The van der Waals surface area contributed by atoms with E-state index < -0.39 is 0 Å². The minimum Gasteiger partial charge on any atom is -0.0623 e. The lowest BCUT2D eigenvalue weighted by Gasteiger charge is -1.69. The maximum absolute atomic E-state index is 2.00. The van der Waals surface area contributed by atoms with E-state index in [-0.39, 0.29) is 0 Å². The molecule has 4 aliphatic rings. The lowest BCUT2D eigenvalue weighted by molar-refractivity contribution is 0.886. The van der Waals surface area contributed by atoms with Gasteiger partial charge in [0.15, 0.2) is 0 Å². The summed E-state index contributed by atoms with van der Waals surface area (Å²) in [7, 11) is 0. The Morgan fingerprint density at radius 2 is 0.120 bits per heavy atom. The molecular weight excluding hydrogens is 601 g/mol. The van der Waals surface area contributed by atoms with Crippen molar-refractivity contribution >= 4 is 0 Å². The normalized spacial score (nSPS) is 14.4. The molecule has 0 nitrogen and oxygen atoms in total. The van der Waals surface area contributed by atoms with Crippen molar-refractivity contribution in [1.82, 2.24) is 0 Å². The highest BCUT2D eigenvalue weighted by Crippen LogP contribution is 2.16. The molecule has 0 aliphatic heterocycles. The fourth-order valence-electron chi connectivity index (χ4n) is 5.46. The molecule has 0 unspecified atom stereocenters. The summed E-state index contributed by atoms with van der Waals surface area (Å²) in [6.07, 6.45) is 30.0. The SMILES string of the molecule is C1CCCC1.C1CCCC1.C1CCCC1.C1CCCC1.c1ccccc1.c1ccccc1.c1ccccc1.c1ccccc1.c1ccccc1. The third kappa shape index (κ3) is 38.5. The lowest BCUT2D eigenvalue weighted by Crippen LogP contribution is -1.47. The molecule has 0 bridgehead atoms. The monoisotopic (exact) mass is 671 g/mol. The van der Waals surface area contributed by atoms with E-state index in [1.807, 2.05) is 182 Å². The summed E-state index contributed by atoms with van der Waals surface area (Å²) in [4.78, 5) is 0. The summed E-state index contributed by atoms with van der Waals surface area (Å²) in [5.74, 6) is 0. The van der Waals surface area contributed by atoms with Gasteiger partial charge in [-0.15, -0.1) is 0 Å². The summed E-state index contributed by atoms with van der Waals surface area (Å²) < 4.78 is 0. The largest absolute Gasteiger partial charge is 0.0623 e. The molecule has 0 heterocycles. The van der Waals surface area contributed by atoms with Crippen LogP contribution in [0.25, 0.3) is 0 Å². The minimum absolute atomic E-state index is 1.50. The van der Waals surface area contributed by atoms with E-state index in [2.05, 4.69) is 0 Å². The Balaban J connectivity index is 0.000000282. The van der Waals surface area contributed by atoms with Gasteiger partial charge in [0.1, 0.15) is 0 Å². The summed E-state index contributed by atoms with van der Waals surface area (Å²) in [5, 5.41) is 0. The van der Waals surface area contributed by atoms with Crippen molar-refractivity contribution in [3.63, 3.8) is 0 Å². The standard InChI is InChI=1S/5C6H6.4C5H10/c5*1-2-4-6-5-3-1;4*1-2-4-5-3-1/h5*1-6H;4*1-5H2. The molecule has 4 saturated carbocycles. The molecule has 4 aliphatic carbocycles. The summed E-state index contributed by atoms with van der Waals surface area (Å²) in [6.45, 7) is 0. The van der Waals surface area contributed by atoms with E-state index in [1.165, 1.54) is 128 Å². The maximum atomic E-state index is 2.00. The van der Waals surface area contributed by atoms with E-state index in [4.69, 9.17) is 0 Å². The van der Waals surface area contributed by atoms with Crippen LogP contribution in [0, 0.1) is 0 Å². The van der Waals surface area contributed by atoms with E-state index in [1.54, 1.807) is 0 Å². The minimum atomic E-state index is 1.50. The zero-order valence-corrected chi connectivity index (χ0v) is 31.5. The highest BCUT2D eigenvalue weighted by atomic mass is 14.0. The van der Waals surface area contributed by atoms with Crippen LogP contribution in [0.15, 0.2) is 182 Å². The molecule has 0 aromatic heterocycles. The van der Waals surface area contributed by atoms with Crippen molar-refractivity contribution in [2.45, 2.75) is 128 Å². The molecule has 0 saturated heterocycles. The third-order valence-corrected chi connectivity index (χ3v) is 8.33. The van der Waals surface area contributed by atoms with Crippen LogP contribution in [0.5, 0.6) is 0 Å². The molecule has 0 spiro atoms. The van der Waals surface area contributed by atoms with Gasteiger partial charge in [-0.3, -0.25) is 0 Å². The Kier molecular flexibility index (Phi) is 36.4. The van der Waals surface area contributed by atoms with E-state index in [0.717, 1.165) is 0 Å². The van der Waals surface area contributed by atoms with Crippen LogP contribution in [0.1, 0.15) is 128 Å². The molecule has 0 heteroatoms. The molecular formula is C50H70. The van der Waals surface area contributed by atoms with Gasteiger partial charge in [0.05, 0.1) is 0 Å².